The van der Waals surface area contributed by atoms with E-state index in [1.807, 2.05) is 24.4 Å². The van der Waals surface area contributed by atoms with Crippen LogP contribution in [0.15, 0.2) is 24.4 Å². The molecule has 192 valence electrons. The van der Waals surface area contributed by atoms with Crippen LogP contribution in [0.4, 0.5) is 32.2 Å². The first-order valence-corrected chi connectivity index (χ1v) is 10.4. The highest BCUT2D eigenvalue weighted by atomic mass is 19.4. The van der Waals surface area contributed by atoms with Crippen molar-refractivity contribution in [2.75, 3.05) is 31.6 Å². The van der Waals surface area contributed by atoms with Crippen LogP contribution in [0.3, 0.4) is 0 Å². The van der Waals surface area contributed by atoms with Gasteiger partial charge in [-0.2, -0.15) is 26.3 Å². The van der Waals surface area contributed by atoms with Crippen LogP contribution in [-0.4, -0.2) is 82.8 Å². The van der Waals surface area contributed by atoms with Crippen LogP contribution in [-0.2, 0) is 14.3 Å². The number of aliphatic carboxylic acids is 2. The lowest BCUT2D eigenvalue weighted by Crippen LogP contribution is -2.40. The average molecular weight is 501 g/mol. The van der Waals surface area contributed by atoms with Gasteiger partial charge in [0.05, 0.1) is 12.7 Å². The molecule has 0 amide bonds. The Balaban J connectivity index is 0.000000244. The lowest BCUT2D eigenvalue weighted by atomic mass is 9.91. The maximum Gasteiger partial charge on any atom is 0.490 e. The zero-order valence-corrected chi connectivity index (χ0v) is 17.8. The number of halogens is 6. The van der Waals surface area contributed by atoms with Gasteiger partial charge in [-0.25, -0.2) is 14.6 Å². The molecule has 1 aliphatic carbocycles. The molecule has 0 spiro atoms. The fraction of sp³-hybridized carbons (Fsp3) is 0.650. The highest BCUT2D eigenvalue weighted by molar-refractivity contribution is 5.73. The number of aromatic nitrogens is 1. The molecule has 0 unspecified atom stereocenters. The summed E-state index contributed by atoms with van der Waals surface area (Å²) >= 11 is 0. The van der Waals surface area contributed by atoms with Crippen molar-refractivity contribution in [2.45, 2.75) is 43.8 Å². The fourth-order valence-corrected chi connectivity index (χ4v) is 3.79. The normalized spacial score (nSPS) is 24.6. The van der Waals surface area contributed by atoms with E-state index >= 15 is 0 Å². The van der Waals surface area contributed by atoms with Crippen molar-refractivity contribution in [3.63, 3.8) is 0 Å². The van der Waals surface area contributed by atoms with Crippen LogP contribution in [0.1, 0.15) is 19.3 Å². The number of hydrogen-bond acceptors (Lipinski definition) is 6. The van der Waals surface area contributed by atoms with Gasteiger partial charge in [0.15, 0.2) is 0 Å². The van der Waals surface area contributed by atoms with Gasteiger partial charge in [-0.05, 0) is 25.0 Å². The van der Waals surface area contributed by atoms with Crippen LogP contribution in [0, 0.1) is 11.8 Å². The van der Waals surface area contributed by atoms with Gasteiger partial charge in [0.2, 0.25) is 0 Å². The van der Waals surface area contributed by atoms with Crippen LogP contribution >= 0.6 is 0 Å². The second-order valence-electron chi connectivity index (χ2n) is 8.04. The molecular formula is C20H25F6N3O5. The minimum Gasteiger partial charge on any atom is -0.475 e. The summed E-state index contributed by atoms with van der Waals surface area (Å²) in [7, 11) is 0. The summed E-state index contributed by atoms with van der Waals surface area (Å²) < 4.78 is 69.5. The van der Waals surface area contributed by atoms with Crippen molar-refractivity contribution in [3.05, 3.63) is 24.4 Å². The summed E-state index contributed by atoms with van der Waals surface area (Å²) in [6.07, 6.45) is -3.63. The Labute approximate surface area is 190 Å². The van der Waals surface area contributed by atoms with E-state index in [9.17, 15) is 26.3 Å². The molecule has 0 aromatic carbocycles. The zero-order valence-electron chi connectivity index (χ0n) is 17.8. The molecule has 34 heavy (non-hydrogen) atoms. The number of fused-ring (bicyclic) bond motifs is 1. The Hall–Kier alpha value is -2.61. The number of carboxylic acids is 2. The Kier molecular flexibility index (Phi) is 9.50. The van der Waals surface area contributed by atoms with Gasteiger partial charge < -0.3 is 20.3 Å². The molecule has 3 heterocycles. The molecule has 1 aromatic heterocycles. The molecule has 0 radical (unpaired) electrons. The lowest BCUT2D eigenvalue weighted by Gasteiger charge is -2.35. The standard InChI is InChI=1S/C16H23N3O.2C2HF3O2/c1-2-7-17-16(6-1)18-8-12-11-20-15-10-19(9-14(12)15)13-4-3-5-13;2*3-2(4,5)1(6)7/h1-2,6-7,12-15H,3-5,8-11H2,(H,17,18);2*(H,6,7)/t12-,14-,15-;;/m1../s1. The Bertz CT molecular complexity index is 780. The highest BCUT2D eigenvalue weighted by Crippen LogP contribution is 2.38. The van der Waals surface area contributed by atoms with Crippen LogP contribution in [0.5, 0.6) is 0 Å². The van der Waals surface area contributed by atoms with E-state index in [4.69, 9.17) is 24.5 Å². The van der Waals surface area contributed by atoms with E-state index in [-0.39, 0.29) is 0 Å². The van der Waals surface area contributed by atoms with Gasteiger partial charge in [-0.1, -0.05) is 12.5 Å². The number of carbonyl (C=O) groups is 2. The Morgan fingerprint density at radius 1 is 1.06 bits per heavy atom. The molecule has 14 heteroatoms. The summed E-state index contributed by atoms with van der Waals surface area (Å²) in [5.41, 5.74) is 0. The smallest absolute Gasteiger partial charge is 0.475 e. The van der Waals surface area contributed by atoms with E-state index < -0.39 is 24.3 Å². The maximum atomic E-state index is 10.6. The van der Waals surface area contributed by atoms with Gasteiger partial charge in [-0.3, -0.25) is 4.90 Å². The monoisotopic (exact) mass is 501 g/mol. The Morgan fingerprint density at radius 3 is 2.09 bits per heavy atom. The quantitative estimate of drug-likeness (QED) is 0.540. The highest BCUT2D eigenvalue weighted by Gasteiger charge is 2.46. The van der Waals surface area contributed by atoms with E-state index in [0.29, 0.717) is 17.9 Å². The van der Waals surface area contributed by atoms with E-state index in [1.54, 1.807) is 0 Å². The predicted molar refractivity (Wildman–Crippen MR) is 106 cm³/mol. The number of pyridine rings is 1. The number of ether oxygens (including phenoxy) is 1. The first-order chi connectivity index (χ1) is 15.8. The second kappa shape index (κ2) is 11.7. The number of rotatable bonds is 4. The number of anilines is 1. The van der Waals surface area contributed by atoms with Crippen molar-refractivity contribution < 1.29 is 50.9 Å². The van der Waals surface area contributed by atoms with Crippen molar-refractivity contribution in [1.82, 2.24) is 9.88 Å². The minimum atomic E-state index is -5.08. The number of likely N-dealkylation sites (tertiary alicyclic amines) is 1. The molecule has 2 aliphatic heterocycles. The zero-order chi connectivity index (χ0) is 25.5. The third-order valence-electron chi connectivity index (χ3n) is 5.75. The molecule has 3 fully saturated rings. The van der Waals surface area contributed by atoms with Crippen molar-refractivity contribution in [2.24, 2.45) is 11.8 Å². The number of hydrogen-bond donors (Lipinski definition) is 3. The number of nitrogens with one attached hydrogen (secondary N) is 1. The first-order valence-electron chi connectivity index (χ1n) is 10.4. The topological polar surface area (TPSA) is 112 Å². The van der Waals surface area contributed by atoms with Gasteiger partial charge in [0, 0.05) is 43.7 Å². The van der Waals surface area contributed by atoms with Crippen LogP contribution < -0.4 is 5.32 Å². The first kappa shape index (κ1) is 27.6. The summed E-state index contributed by atoms with van der Waals surface area (Å²) in [5, 5.41) is 17.7. The molecule has 1 aromatic rings. The second-order valence-corrected chi connectivity index (χ2v) is 8.04. The third kappa shape index (κ3) is 8.31. The maximum absolute atomic E-state index is 10.6. The predicted octanol–water partition coefficient (Wildman–Crippen LogP) is 3.26. The summed E-state index contributed by atoms with van der Waals surface area (Å²) in [6.45, 7) is 4.30. The SMILES string of the molecule is O=C(O)C(F)(F)F.O=C(O)C(F)(F)F.c1ccc(NC[C@@H]2CO[C@@H]3CN(C4CCC4)C[C@H]23)nc1. The molecule has 3 atom stereocenters. The molecule has 2 saturated heterocycles. The van der Waals surface area contributed by atoms with E-state index in [0.717, 1.165) is 31.6 Å². The lowest BCUT2D eigenvalue weighted by molar-refractivity contribution is -0.193. The van der Waals surface area contributed by atoms with Gasteiger partial charge >= 0.3 is 24.3 Å². The molecule has 4 rings (SSSR count). The number of carboxylic acid groups (broad SMARTS) is 2. The number of alkyl halides is 6. The molecule has 0 bridgehead atoms. The van der Waals surface area contributed by atoms with Crippen molar-refractivity contribution in [1.29, 1.82) is 0 Å². The average Bonchev–Trinajstić information content (AvgIpc) is 3.26. The molecule has 1 saturated carbocycles. The van der Waals surface area contributed by atoms with Crippen LogP contribution in [0.2, 0.25) is 0 Å². The van der Waals surface area contributed by atoms with E-state index in [1.165, 1.54) is 25.8 Å². The molecule has 3 aliphatic rings. The van der Waals surface area contributed by atoms with E-state index in [2.05, 4.69) is 15.2 Å². The third-order valence-corrected chi connectivity index (χ3v) is 5.75. The molecule has 3 N–H and O–H groups in total. The molecular weight excluding hydrogens is 476 g/mol. The van der Waals surface area contributed by atoms with Gasteiger partial charge in [-0.15, -0.1) is 0 Å². The summed E-state index contributed by atoms with van der Waals surface area (Å²) in [4.78, 5) is 24.8. The van der Waals surface area contributed by atoms with Gasteiger partial charge in [0.25, 0.3) is 0 Å². The summed E-state index contributed by atoms with van der Waals surface area (Å²) in [5.74, 6) is -3.19. The fourth-order valence-electron chi connectivity index (χ4n) is 3.79. The van der Waals surface area contributed by atoms with Gasteiger partial charge in [0.1, 0.15) is 5.82 Å². The summed E-state index contributed by atoms with van der Waals surface area (Å²) in [6, 6.07) is 6.86. The largest absolute Gasteiger partial charge is 0.490 e. The van der Waals surface area contributed by atoms with Crippen molar-refractivity contribution >= 4 is 17.8 Å². The number of nitrogens with zero attached hydrogens (tertiary/aromatic N) is 2. The molecule has 8 nitrogen and oxygen atoms in total. The van der Waals surface area contributed by atoms with Crippen LogP contribution in [0.25, 0.3) is 0 Å². The minimum absolute atomic E-state index is 0.478. The Morgan fingerprint density at radius 2 is 1.65 bits per heavy atom. The van der Waals surface area contributed by atoms with Crippen molar-refractivity contribution in [3.8, 4) is 0 Å².